The number of hydrogen-bond acceptors (Lipinski definition) is 6. The van der Waals surface area contributed by atoms with Crippen molar-refractivity contribution in [1.29, 1.82) is 0 Å². The number of halogens is 1. The Labute approximate surface area is 154 Å². The molecule has 2 aromatic rings. The fourth-order valence-corrected chi connectivity index (χ4v) is 3.35. The highest BCUT2D eigenvalue weighted by Gasteiger charge is 2.29. The lowest BCUT2D eigenvalue weighted by Crippen LogP contribution is -2.39. The second-order valence-electron chi connectivity index (χ2n) is 6.53. The lowest BCUT2D eigenvalue weighted by molar-refractivity contribution is 0.0699. The van der Waals surface area contributed by atoms with Crippen LogP contribution in [0.2, 0.25) is 0 Å². The summed E-state index contributed by atoms with van der Waals surface area (Å²) in [5, 5.41) is 3.52. The van der Waals surface area contributed by atoms with E-state index in [1.807, 2.05) is 11.1 Å². The van der Waals surface area contributed by atoms with Crippen molar-refractivity contribution >= 4 is 27.5 Å². The summed E-state index contributed by atoms with van der Waals surface area (Å²) in [6.07, 6.45) is 10.9. The van der Waals surface area contributed by atoms with Crippen LogP contribution in [0.15, 0.2) is 29.4 Å². The number of aromatic nitrogens is 4. The third-order valence-corrected chi connectivity index (χ3v) is 5.07. The largest absolute Gasteiger partial charge is 0.380 e. The first-order chi connectivity index (χ1) is 12.2. The molecule has 25 heavy (non-hydrogen) atoms. The zero-order valence-corrected chi connectivity index (χ0v) is 15.3. The van der Waals surface area contributed by atoms with Crippen molar-refractivity contribution in [1.82, 2.24) is 24.8 Å². The standard InChI is InChI=1S/C17H19BrN6O/c18-12-7-20-16(21-8-12)17(25)24-5-3-11(4-6-24)15-14(9-19-10-22-15)23-13-1-2-13/h7-11,13,23H,1-6H2. The number of nitrogens with one attached hydrogen (secondary N) is 1. The van der Waals surface area contributed by atoms with Crippen molar-refractivity contribution in [3.63, 3.8) is 0 Å². The maximum Gasteiger partial charge on any atom is 0.291 e. The van der Waals surface area contributed by atoms with Crippen molar-refractivity contribution in [3.05, 3.63) is 40.9 Å². The van der Waals surface area contributed by atoms with Gasteiger partial charge in [0.25, 0.3) is 5.91 Å². The summed E-state index contributed by atoms with van der Waals surface area (Å²) in [4.78, 5) is 31.2. The van der Waals surface area contributed by atoms with Gasteiger partial charge in [0.15, 0.2) is 0 Å². The second-order valence-corrected chi connectivity index (χ2v) is 7.45. The highest BCUT2D eigenvalue weighted by Crippen LogP contribution is 2.33. The van der Waals surface area contributed by atoms with Gasteiger partial charge in [-0.25, -0.2) is 19.9 Å². The normalized spacial score (nSPS) is 18.2. The maximum absolute atomic E-state index is 12.5. The molecule has 0 radical (unpaired) electrons. The molecule has 1 amide bonds. The maximum atomic E-state index is 12.5. The number of rotatable bonds is 4. The molecule has 1 saturated heterocycles. The van der Waals surface area contributed by atoms with E-state index in [0.717, 1.165) is 28.7 Å². The minimum Gasteiger partial charge on any atom is -0.380 e. The third-order valence-electron chi connectivity index (χ3n) is 4.66. The zero-order chi connectivity index (χ0) is 17.2. The van der Waals surface area contributed by atoms with Crippen LogP contribution in [0.3, 0.4) is 0 Å². The molecule has 7 nitrogen and oxygen atoms in total. The molecule has 0 bridgehead atoms. The molecule has 2 aromatic heterocycles. The summed E-state index contributed by atoms with van der Waals surface area (Å²) >= 11 is 3.28. The van der Waals surface area contributed by atoms with E-state index >= 15 is 0 Å². The van der Waals surface area contributed by atoms with Crippen LogP contribution < -0.4 is 5.32 Å². The molecule has 0 spiro atoms. The highest BCUT2D eigenvalue weighted by molar-refractivity contribution is 9.10. The molecule has 1 N–H and O–H groups in total. The van der Waals surface area contributed by atoms with E-state index in [1.165, 1.54) is 12.8 Å². The summed E-state index contributed by atoms with van der Waals surface area (Å²) in [7, 11) is 0. The zero-order valence-electron chi connectivity index (χ0n) is 13.7. The van der Waals surface area contributed by atoms with E-state index in [4.69, 9.17) is 0 Å². The van der Waals surface area contributed by atoms with Gasteiger partial charge in [0, 0.05) is 37.4 Å². The van der Waals surface area contributed by atoms with Gasteiger partial charge in [-0.15, -0.1) is 0 Å². The van der Waals surface area contributed by atoms with Gasteiger partial charge < -0.3 is 10.2 Å². The molecule has 1 aliphatic heterocycles. The van der Waals surface area contributed by atoms with Crippen molar-refractivity contribution in [3.8, 4) is 0 Å². The second kappa shape index (κ2) is 7.03. The molecule has 8 heteroatoms. The van der Waals surface area contributed by atoms with Crippen molar-refractivity contribution in [2.45, 2.75) is 37.6 Å². The first kappa shape index (κ1) is 16.4. The molecular weight excluding hydrogens is 384 g/mol. The number of anilines is 1. The molecule has 2 aliphatic rings. The molecule has 4 rings (SSSR count). The van der Waals surface area contributed by atoms with Crippen LogP contribution in [-0.4, -0.2) is 49.9 Å². The smallest absolute Gasteiger partial charge is 0.291 e. The SMILES string of the molecule is O=C(c1ncc(Br)cn1)N1CCC(c2ncncc2NC2CC2)CC1. The van der Waals surface area contributed by atoms with E-state index in [-0.39, 0.29) is 11.7 Å². The molecule has 1 saturated carbocycles. The van der Waals surface area contributed by atoms with Gasteiger partial charge in [-0.3, -0.25) is 4.79 Å². The molecular formula is C17H19BrN6O. The molecule has 0 unspecified atom stereocenters. The van der Waals surface area contributed by atoms with Crippen LogP contribution in [0.5, 0.6) is 0 Å². The number of likely N-dealkylation sites (tertiary alicyclic amines) is 1. The Morgan fingerprint density at radius 2 is 1.80 bits per heavy atom. The number of nitrogens with zero attached hydrogens (tertiary/aromatic N) is 5. The monoisotopic (exact) mass is 402 g/mol. The Balaban J connectivity index is 1.41. The molecule has 1 aliphatic carbocycles. The Hall–Kier alpha value is -2.09. The average Bonchev–Trinajstić information content (AvgIpc) is 3.47. The molecule has 2 fully saturated rings. The van der Waals surface area contributed by atoms with E-state index in [0.29, 0.717) is 25.0 Å². The summed E-state index contributed by atoms with van der Waals surface area (Å²) in [6.45, 7) is 1.38. The van der Waals surface area contributed by atoms with E-state index in [9.17, 15) is 4.79 Å². The fourth-order valence-electron chi connectivity index (χ4n) is 3.14. The van der Waals surface area contributed by atoms with Gasteiger partial charge in [0.1, 0.15) is 6.33 Å². The van der Waals surface area contributed by atoms with Crippen LogP contribution >= 0.6 is 15.9 Å². The number of hydrogen-bond donors (Lipinski definition) is 1. The quantitative estimate of drug-likeness (QED) is 0.845. The molecule has 0 aromatic carbocycles. The minimum absolute atomic E-state index is 0.107. The lowest BCUT2D eigenvalue weighted by atomic mass is 9.92. The van der Waals surface area contributed by atoms with Crippen molar-refractivity contribution < 1.29 is 4.79 Å². The van der Waals surface area contributed by atoms with Gasteiger partial charge >= 0.3 is 0 Å². The van der Waals surface area contributed by atoms with Crippen LogP contribution in [0.1, 0.15) is 47.9 Å². The first-order valence-electron chi connectivity index (χ1n) is 8.54. The van der Waals surface area contributed by atoms with Crippen LogP contribution in [-0.2, 0) is 0 Å². The summed E-state index contributed by atoms with van der Waals surface area (Å²) in [5.41, 5.74) is 2.12. The van der Waals surface area contributed by atoms with Gasteiger partial charge in [-0.1, -0.05) is 0 Å². The highest BCUT2D eigenvalue weighted by atomic mass is 79.9. The molecule has 3 heterocycles. The summed E-state index contributed by atoms with van der Waals surface area (Å²) in [5.74, 6) is 0.490. The molecule has 130 valence electrons. The Morgan fingerprint density at radius 3 is 2.48 bits per heavy atom. The topological polar surface area (TPSA) is 83.9 Å². The lowest BCUT2D eigenvalue weighted by Gasteiger charge is -2.32. The number of carbonyl (C=O) groups is 1. The van der Waals surface area contributed by atoms with Crippen molar-refractivity contribution in [2.24, 2.45) is 0 Å². The fraction of sp³-hybridized carbons (Fsp3) is 0.471. The van der Waals surface area contributed by atoms with Gasteiger partial charge in [-0.2, -0.15) is 0 Å². The van der Waals surface area contributed by atoms with E-state index < -0.39 is 0 Å². The first-order valence-corrected chi connectivity index (χ1v) is 9.33. The Morgan fingerprint density at radius 1 is 1.08 bits per heavy atom. The minimum atomic E-state index is -0.107. The Kier molecular flexibility index (Phi) is 4.61. The summed E-state index contributed by atoms with van der Waals surface area (Å²) in [6, 6.07) is 0.570. The number of amides is 1. The van der Waals surface area contributed by atoms with E-state index in [2.05, 4.69) is 41.2 Å². The van der Waals surface area contributed by atoms with Gasteiger partial charge in [-0.05, 0) is 41.6 Å². The van der Waals surface area contributed by atoms with Crippen molar-refractivity contribution in [2.75, 3.05) is 18.4 Å². The van der Waals surface area contributed by atoms with Crippen LogP contribution in [0.4, 0.5) is 5.69 Å². The van der Waals surface area contributed by atoms with Gasteiger partial charge in [0.2, 0.25) is 5.82 Å². The third kappa shape index (κ3) is 3.78. The summed E-state index contributed by atoms with van der Waals surface area (Å²) < 4.78 is 0.766. The Bertz CT molecular complexity index is 756. The average molecular weight is 403 g/mol. The van der Waals surface area contributed by atoms with Crippen LogP contribution in [0, 0.1) is 0 Å². The molecule has 0 atom stereocenters. The predicted octanol–water partition coefficient (Wildman–Crippen LogP) is 2.62. The van der Waals surface area contributed by atoms with Crippen LogP contribution in [0.25, 0.3) is 0 Å². The van der Waals surface area contributed by atoms with E-state index in [1.54, 1.807) is 18.7 Å². The predicted molar refractivity (Wildman–Crippen MR) is 96.3 cm³/mol. The number of piperidine rings is 1. The van der Waals surface area contributed by atoms with Gasteiger partial charge in [0.05, 0.1) is 22.1 Å². The number of carbonyl (C=O) groups excluding carboxylic acids is 1.